The molecule has 0 saturated carbocycles. The van der Waals surface area contributed by atoms with E-state index in [0.29, 0.717) is 0 Å². The third kappa shape index (κ3) is 378. The quantitative estimate of drug-likeness (QED) is 0.367. The maximum absolute atomic E-state index is 9.00. The van der Waals surface area contributed by atoms with Crippen LogP contribution in [0.3, 0.4) is 0 Å². The fraction of sp³-hybridized carbons (Fsp3) is 0.250. The van der Waals surface area contributed by atoms with E-state index < -0.39 is 11.9 Å². The summed E-state index contributed by atoms with van der Waals surface area (Å²) in [4.78, 5) is 26.9. The summed E-state index contributed by atoms with van der Waals surface area (Å²) in [6, 6.07) is 0. The molecular formula is C4H6O5. The smallest absolute Gasteiger partial charge is 0.368 e. The predicted octanol–water partition coefficient (Wildman–Crippen LogP) is -0.639. The van der Waals surface area contributed by atoms with E-state index in [9.17, 15) is 0 Å². The second-order valence-corrected chi connectivity index (χ2v) is 0.975. The Morgan fingerprint density at radius 2 is 1.44 bits per heavy atom. The topological polar surface area (TPSA) is 91.7 Å². The molecule has 0 saturated heterocycles. The monoisotopic (exact) mass is 134 g/mol. The maximum atomic E-state index is 9.00. The molecule has 0 aromatic heterocycles. The molecule has 0 bridgehead atoms. The fourth-order valence-electron chi connectivity index (χ4n) is 0. The highest BCUT2D eigenvalue weighted by Gasteiger charge is 1.80. The van der Waals surface area contributed by atoms with Crippen molar-refractivity contribution in [3.8, 4) is 0 Å². The van der Waals surface area contributed by atoms with Crippen molar-refractivity contribution in [3.05, 3.63) is 0 Å². The van der Waals surface area contributed by atoms with Gasteiger partial charge in [-0.15, -0.1) is 0 Å². The minimum absolute atomic E-state index is 0.167. The third-order valence-electron chi connectivity index (χ3n) is 0.101. The van der Waals surface area contributed by atoms with Crippen LogP contribution >= 0.6 is 0 Å². The molecule has 0 spiro atoms. The molecule has 0 aliphatic carbocycles. The van der Waals surface area contributed by atoms with Gasteiger partial charge in [-0.1, -0.05) is 0 Å². The number of carboxylic acids is 2. The van der Waals surface area contributed by atoms with E-state index in [1.54, 1.807) is 0 Å². The van der Waals surface area contributed by atoms with Crippen molar-refractivity contribution in [2.75, 3.05) is 0 Å². The summed E-state index contributed by atoms with van der Waals surface area (Å²) in [5.74, 6) is -2.26. The van der Waals surface area contributed by atoms with Gasteiger partial charge < -0.3 is 10.2 Å². The van der Waals surface area contributed by atoms with Crippen molar-refractivity contribution < 1.29 is 24.6 Å². The van der Waals surface area contributed by atoms with Crippen LogP contribution in [0.5, 0.6) is 0 Å². The molecule has 5 nitrogen and oxygen atoms in total. The van der Waals surface area contributed by atoms with Gasteiger partial charge in [0.15, 0.2) is 0 Å². The molecule has 2 N–H and O–H groups in total. The Morgan fingerprint density at radius 3 is 1.44 bits per heavy atom. The van der Waals surface area contributed by atoms with Gasteiger partial charge in [0.2, 0.25) is 6.29 Å². The van der Waals surface area contributed by atoms with Crippen LogP contribution in [-0.2, 0) is 14.4 Å². The van der Waals surface area contributed by atoms with Crippen molar-refractivity contribution in [2.24, 2.45) is 0 Å². The van der Waals surface area contributed by atoms with Crippen molar-refractivity contribution >= 4 is 18.2 Å². The van der Waals surface area contributed by atoms with Gasteiger partial charge in [0, 0.05) is 6.92 Å². The molecule has 0 unspecified atom stereocenters. The predicted molar refractivity (Wildman–Crippen MR) is 27.0 cm³/mol. The summed E-state index contributed by atoms with van der Waals surface area (Å²) >= 11 is 0. The van der Waals surface area contributed by atoms with Gasteiger partial charge in [-0.25, -0.2) is 4.79 Å². The first-order chi connectivity index (χ1) is 4.00. The summed E-state index contributed by atoms with van der Waals surface area (Å²) in [6.45, 7) is 1.08. The third-order valence-corrected chi connectivity index (χ3v) is 0.101. The summed E-state index contributed by atoms with van der Waals surface area (Å²) < 4.78 is 0. The first-order valence-electron chi connectivity index (χ1n) is 1.88. The van der Waals surface area contributed by atoms with Gasteiger partial charge in [0.05, 0.1) is 0 Å². The van der Waals surface area contributed by atoms with Crippen LogP contribution in [-0.4, -0.2) is 28.4 Å². The van der Waals surface area contributed by atoms with Crippen molar-refractivity contribution in [1.82, 2.24) is 0 Å². The molecule has 9 heavy (non-hydrogen) atoms. The summed E-state index contributed by atoms with van der Waals surface area (Å²) in [5.41, 5.74) is 0. The van der Waals surface area contributed by atoms with Crippen LogP contribution in [0.1, 0.15) is 6.92 Å². The number of hydrogen-bond donors (Lipinski definition) is 2. The van der Waals surface area contributed by atoms with E-state index in [0.717, 1.165) is 6.92 Å². The van der Waals surface area contributed by atoms with E-state index >= 15 is 0 Å². The Kier molecular flexibility index (Phi) is 7.76. The number of carbonyl (C=O) groups excluding carboxylic acids is 1. The SMILES string of the molecule is CC(=O)O.O=CC(=O)O. The largest absolute Gasteiger partial charge is 0.481 e. The Hall–Kier alpha value is -1.39. The van der Waals surface area contributed by atoms with Gasteiger partial charge in [-0.2, -0.15) is 0 Å². The highest BCUT2D eigenvalue weighted by atomic mass is 16.4. The highest BCUT2D eigenvalue weighted by molar-refractivity contribution is 6.19. The second-order valence-electron chi connectivity index (χ2n) is 0.975. The van der Waals surface area contributed by atoms with Crippen LogP contribution in [0.2, 0.25) is 0 Å². The van der Waals surface area contributed by atoms with Crippen molar-refractivity contribution in [1.29, 1.82) is 0 Å². The zero-order valence-electron chi connectivity index (χ0n) is 4.70. The molecule has 0 heterocycles. The zero-order valence-corrected chi connectivity index (χ0v) is 4.70. The van der Waals surface area contributed by atoms with Gasteiger partial charge in [-0.3, -0.25) is 9.59 Å². The minimum atomic E-state index is -1.43. The number of hydrogen-bond acceptors (Lipinski definition) is 3. The first kappa shape index (κ1) is 10.6. The molecule has 0 aliphatic rings. The molecule has 0 fully saturated rings. The van der Waals surface area contributed by atoms with E-state index in [-0.39, 0.29) is 6.29 Å². The Balaban J connectivity index is 0. The fourth-order valence-corrected chi connectivity index (χ4v) is 0. The van der Waals surface area contributed by atoms with Gasteiger partial charge in [0.25, 0.3) is 5.97 Å². The Bertz CT molecular complexity index is 112. The molecule has 5 heteroatoms. The van der Waals surface area contributed by atoms with E-state index in [2.05, 4.69) is 0 Å². The summed E-state index contributed by atoms with van der Waals surface area (Å²) in [5, 5.41) is 14.8. The highest BCUT2D eigenvalue weighted by Crippen LogP contribution is 1.42. The Labute approximate surface area is 50.9 Å². The molecule has 0 atom stereocenters. The molecule has 0 aromatic carbocycles. The van der Waals surface area contributed by atoms with Crippen LogP contribution in [0, 0.1) is 0 Å². The van der Waals surface area contributed by atoms with Crippen LogP contribution in [0.25, 0.3) is 0 Å². The maximum Gasteiger partial charge on any atom is 0.368 e. The van der Waals surface area contributed by atoms with Crippen LogP contribution in [0.4, 0.5) is 0 Å². The summed E-state index contributed by atoms with van der Waals surface area (Å²) in [7, 11) is 0. The molecule has 0 radical (unpaired) electrons. The summed E-state index contributed by atoms with van der Waals surface area (Å²) in [6.07, 6.45) is -0.167. The number of carboxylic acid groups (broad SMARTS) is 2. The average molecular weight is 134 g/mol. The van der Waals surface area contributed by atoms with Gasteiger partial charge in [0.1, 0.15) is 0 Å². The van der Waals surface area contributed by atoms with E-state index in [4.69, 9.17) is 24.6 Å². The van der Waals surface area contributed by atoms with E-state index in [1.165, 1.54) is 0 Å². The normalized spacial score (nSPS) is 6.33. The lowest BCUT2D eigenvalue weighted by atomic mass is 10.8. The standard InChI is InChI=1S/C2H2O3.C2H4O2/c3-1-2(4)5;1-2(3)4/h1H,(H,4,5);1H3,(H,3,4). The number of aldehydes is 1. The molecule has 0 amide bonds. The lowest BCUT2D eigenvalue weighted by molar-refractivity contribution is -0.143. The van der Waals surface area contributed by atoms with Crippen LogP contribution < -0.4 is 0 Å². The average Bonchev–Trinajstić information content (AvgIpc) is 1.65. The van der Waals surface area contributed by atoms with Crippen LogP contribution in [0.15, 0.2) is 0 Å². The van der Waals surface area contributed by atoms with E-state index in [1.807, 2.05) is 0 Å². The lowest BCUT2D eigenvalue weighted by Crippen LogP contribution is -1.91. The lowest BCUT2D eigenvalue weighted by Gasteiger charge is -1.59. The molecule has 0 aromatic rings. The minimum Gasteiger partial charge on any atom is -0.481 e. The van der Waals surface area contributed by atoms with Crippen molar-refractivity contribution in [2.45, 2.75) is 6.92 Å². The number of carbonyl (C=O) groups is 3. The van der Waals surface area contributed by atoms with Gasteiger partial charge >= 0.3 is 5.97 Å². The molecule has 52 valence electrons. The molecule has 0 aliphatic heterocycles. The number of rotatable bonds is 1. The number of aliphatic carboxylic acids is 2. The molecular weight excluding hydrogens is 128 g/mol. The second kappa shape index (κ2) is 6.61. The van der Waals surface area contributed by atoms with Crippen molar-refractivity contribution in [3.63, 3.8) is 0 Å². The Morgan fingerprint density at radius 1 is 1.33 bits per heavy atom. The van der Waals surface area contributed by atoms with Gasteiger partial charge in [-0.05, 0) is 0 Å². The molecule has 0 rings (SSSR count). The zero-order chi connectivity index (χ0) is 7.86. The first-order valence-corrected chi connectivity index (χ1v) is 1.88.